The molecule has 1 saturated carbocycles. The summed E-state index contributed by atoms with van der Waals surface area (Å²) in [5.74, 6) is 0.0755. The van der Waals surface area contributed by atoms with Crippen molar-refractivity contribution in [2.75, 3.05) is 6.61 Å². The van der Waals surface area contributed by atoms with E-state index >= 15 is 0 Å². The van der Waals surface area contributed by atoms with Crippen LogP contribution in [0.5, 0.6) is 0 Å². The molecule has 266 valence electrons. The lowest BCUT2D eigenvalue weighted by Gasteiger charge is -2.30. The zero-order valence-electron chi connectivity index (χ0n) is 29.1. The van der Waals surface area contributed by atoms with Crippen LogP contribution in [0.2, 0.25) is 0 Å². The molecule has 3 aromatic heterocycles. The van der Waals surface area contributed by atoms with Crippen LogP contribution in [0.25, 0.3) is 27.8 Å². The average Bonchev–Trinajstić information content (AvgIpc) is 3.57. The number of aromatic nitrogens is 5. The number of nitrogens with one attached hydrogen (secondary N) is 2. The zero-order chi connectivity index (χ0) is 35.7. The highest BCUT2D eigenvalue weighted by molar-refractivity contribution is 5.92. The van der Waals surface area contributed by atoms with E-state index in [1.165, 1.54) is 9.13 Å². The van der Waals surface area contributed by atoms with E-state index in [1.54, 1.807) is 6.07 Å². The normalized spacial score (nSPS) is 17.7. The van der Waals surface area contributed by atoms with E-state index in [9.17, 15) is 23.9 Å². The number of benzene rings is 2. The van der Waals surface area contributed by atoms with Gasteiger partial charge in [0.2, 0.25) is 0 Å². The number of hydrogen-bond donors (Lipinski definition) is 3. The predicted molar refractivity (Wildman–Crippen MR) is 194 cm³/mol. The van der Waals surface area contributed by atoms with E-state index in [-0.39, 0.29) is 35.1 Å². The van der Waals surface area contributed by atoms with Crippen LogP contribution in [0, 0.1) is 5.82 Å². The lowest BCUT2D eigenvalue weighted by Crippen LogP contribution is -2.45. The van der Waals surface area contributed by atoms with Gasteiger partial charge in [-0.2, -0.15) is 0 Å². The van der Waals surface area contributed by atoms with Gasteiger partial charge in [-0.3, -0.25) is 14.2 Å². The van der Waals surface area contributed by atoms with Crippen molar-refractivity contribution in [3.8, 4) is 16.8 Å². The molecule has 11 nitrogen and oxygen atoms in total. The third-order valence-corrected chi connectivity index (χ3v) is 10.3. The molecule has 4 heterocycles. The van der Waals surface area contributed by atoms with Crippen LogP contribution in [-0.2, 0) is 19.5 Å². The monoisotopic (exact) mass is 693 g/mol. The lowest BCUT2D eigenvalue weighted by molar-refractivity contribution is 0.0917. The quantitative estimate of drug-likeness (QED) is 0.186. The van der Waals surface area contributed by atoms with Gasteiger partial charge in [0.15, 0.2) is 5.65 Å². The van der Waals surface area contributed by atoms with Crippen molar-refractivity contribution in [1.29, 1.82) is 0 Å². The number of carbonyl (C=O) groups excluding carboxylic acids is 1. The summed E-state index contributed by atoms with van der Waals surface area (Å²) in [7, 11) is 0. The highest BCUT2D eigenvalue weighted by Gasteiger charge is 2.29. The second-order valence-electron chi connectivity index (χ2n) is 14.4. The molecule has 1 aliphatic heterocycles. The lowest BCUT2D eigenvalue weighted by atomic mass is 9.90. The molecule has 51 heavy (non-hydrogen) atoms. The first-order valence-corrected chi connectivity index (χ1v) is 17.9. The van der Waals surface area contributed by atoms with Crippen molar-refractivity contribution in [3.63, 3.8) is 0 Å². The van der Waals surface area contributed by atoms with Gasteiger partial charge in [0.05, 0.1) is 17.3 Å². The van der Waals surface area contributed by atoms with Crippen LogP contribution in [0.15, 0.2) is 76.6 Å². The molecule has 0 spiro atoms. The summed E-state index contributed by atoms with van der Waals surface area (Å²) in [4.78, 5) is 50.0. The van der Waals surface area contributed by atoms with Crippen molar-refractivity contribution < 1.29 is 14.3 Å². The van der Waals surface area contributed by atoms with Gasteiger partial charge in [-0.25, -0.2) is 23.7 Å². The molecule has 2 aromatic carbocycles. The number of fused-ring (bicyclic) bond motifs is 2. The second-order valence-corrected chi connectivity index (χ2v) is 14.4. The molecule has 5 aromatic rings. The summed E-state index contributed by atoms with van der Waals surface area (Å²) in [6, 6.07) is 16.2. The number of nitrogens with zero attached hydrogens (tertiary/aromatic N) is 5. The number of aliphatic hydroxyl groups excluding tert-OH is 1. The van der Waals surface area contributed by atoms with E-state index in [1.807, 2.05) is 48.7 Å². The van der Waals surface area contributed by atoms with Crippen molar-refractivity contribution >= 4 is 16.9 Å². The summed E-state index contributed by atoms with van der Waals surface area (Å²) in [5.41, 5.74) is 2.62. The van der Waals surface area contributed by atoms with Crippen LogP contribution in [-0.4, -0.2) is 52.9 Å². The maximum atomic E-state index is 14.5. The maximum Gasteiger partial charge on any atom is 0.337 e. The van der Waals surface area contributed by atoms with Gasteiger partial charge < -0.3 is 20.3 Å². The fraction of sp³-hybridized carbons (Fsp3) is 0.410. The third-order valence-electron chi connectivity index (χ3n) is 10.3. The molecule has 12 heteroatoms. The molecule has 1 aliphatic carbocycles. The summed E-state index contributed by atoms with van der Waals surface area (Å²) in [6.45, 7) is 5.75. The Morgan fingerprint density at radius 1 is 1.02 bits per heavy atom. The minimum absolute atomic E-state index is 0.0279. The number of hydrogen-bond acceptors (Lipinski definition) is 7. The molecule has 0 saturated heterocycles. The van der Waals surface area contributed by atoms with Gasteiger partial charge in [0.1, 0.15) is 17.3 Å². The summed E-state index contributed by atoms with van der Waals surface area (Å²) < 4.78 is 19.2. The second kappa shape index (κ2) is 14.4. The minimum atomic E-state index is -0.660. The van der Waals surface area contributed by atoms with Gasteiger partial charge in [-0.05, 0) is 93.7 Å². The third kappa shape index (κ3) is 7.29. The minimum Gasteiger partial charge on any atom is -0.396 e. The van der Waals surface area contributed by atoms with Crippen molar-refractivity contribution in [1.82, 2.24) is 34.3 Å². The molecule has 0 unspecified atom stereocenters. The topological polar surface area (TPSA) is 136 Å². The molecule has 0 bridgehead atoms. The van der Waals surface area contributed by atoms with E-state index in [0.717, 1.165) is 60.6 Å². The van der Waals surface area contributed by atoms with Gasteiger partial charge >= 0.3 is 5.69 Å². The first-order valence-electron chi connectivity index (χ1n) is 17.9. The molecular weight excluding hydrogens is 649 g/mol. The number of aryl methyl sites for hydroxylation is 2. The number of halogens is 1. The standard InChI is InChI=1S/C39H44FN7O4/c1-39(2,17-19-48)42-22-25-9-11-26(12-10-25)27-6-5-7-31(20-27)46-35-32(21-28(40)23-41-35)37(50)47(38(46)51)30-15-13-29(14-16-30)43-36(49)33-24-45-18-4-3-8-34(45)44-33/h5-7,9-12,20-21,23-24,29-30,42,48H,3-4,8,13-19,22H2,1-2H3,(H,43,49)/t29-,30+. The first kappa shape index (κ1) is 34.5. The van der Waals surface area contributed by atoms with Crippen LogP contribution in [0.3, 0.4) is 0 Å². The Kier molecular flexibility index (Phi) is 9.71. The fourth-order valence-corrected chi connectivity index (χ4v) is 7.35. The Labute approximate surface area is 295 Å². The Morgan fingerprint density at radius 2 is 1.80 bits per heavy atom. The average molecular weight is 694 g/mol. The zero-order valence-corrected chi connectivity index (χ0v) is 29.1. The van der Waals surface area contributed by atoms with Crippen LogP contribution < -0.4 is 21.9 Å². The summed E-state index contributed by atoms with van der Waals surface area (Å²) in [6.07, 6.45) is 8.66. The fourth-order valence-electron chi connectivity index (χ4n) is 7.35. The van der Waals surface area contributed by atoms with Crippen LogP contribution in [0.1, 0.15) is 86.7 Å². The van der Waals surface area contributed by atoms with Crippen molar-refractivity contribution in [2.24, 2.45) is 0 Å². The molecular formula is C39H44FN7O4. The number of rotatable bonds is 10. The first-order chi connectivity index (χ1) is 24.6. The molecule has 1 fully saturated rings. The summed E-state index contributed by atoms with van der Waals surface area (Å²) >= 11 is 0. The highest BCUT2D eigenvalue weighted by Crippen LogP contribution is 2.29. The summed E-state index contributed by atoms with van der Waals surface area (Å²) in [5, 5.41) is 15.9. The van der Waals surface area contributed by atoms with E-state index < -0.39 is 23.1 Å². The van der Waals surface area contributed by atoms with Crippen LogP contribution in [0.4, 0.5) is 4.39 Å². The number of pyridine rings is 1. The number of amides is 1. The highest BCUT2D eigenvalue weighted by atomic mass is 19.1. The number of imidazole rings is 1. The van der Waals surface area contributed by atoms with Crippen molar-refractivity contribution in [3.05, 3.63) is 111 Å². The molecule has 7 rings (SSSR count). The van der Waals surface area contributed by atoms with Crippen molar-refractivity contribution in [2.45, 2.75) is 95.9 Å². The smallest absolute Gasteiger partial charge is 0.337 e. The Morgan fingerprint density at radius 3 is 2.55 bits per heavy atom. The molecule has 0 atom stereocenters. The van der Waals surface area contributed by atoms with E-state index in [0.29, 0.717) is 50.0 Å². The van der Waals surface area contributed by atoms with Gasteiger partial charge in [-0.1, -0.05) is 36.4 Å². The van der Waals surface area contributed by atoms with Crippen LogP contribution >= 0.6 is 0 Å². The van der Waals surface area contributed by atoms with E-state index in [2.05, 4.69) is 39.0 Å². The Bertz CT molecular complexity index is 2160. The predicted octanol–water partition coefficient (Wildman–Crippen LogP) is 5.05. The number of carbonyl (C=O) groups is 1. The molecule has 3 N–H and O–H groups in total. The molecule has 0 radical (unpaired) electrons. The SMILES string of the molecule is CC(C)(CCO)NCc1ccc(-c2cccc(-n3c(=O)n([C@H]4CC[C@@H](NC(=O)c5cn6c(n5)CCCC6)CC4)c(=O)c4cc(F)cnc43)c2)cc1. The Hall–Kier alpha value is -4.94. The maximum absolute atomic E-state index is 14.5. The molecule has 2 aliphatic rings. The van der Waals surface area contributed by atoms with Gasteiger partial charge in [0, 0.05) is 49.9 Å². The molecule has 1 amide bonds. The largest absolute Gasteiger partial charge is 0.396 e. The Balaban J connectivity index is 1.14. The van der Waals surface area contributed by atoms with Gasteiger partial charge in [-0.15, -0.1) is 0 Å². The number of aliphatic hydroxyl groups is 1. The van der Waals surface area contributed by atoms with Gasteiger partial charge in [0.25, 0.3) is 11.5 Å². The van der Waals surface area contributed by atoms with E-state index in [4.69, 9.17) is 0 Å².